The molecule has 0 unspecified atom stereocenters. The van der Waals surface area contributed by atoms with E-state index in [0.717, 1.165) is 22.1 Å². The number of ether oxygens (including phenoxy) is 1. The van der Waals surface area contributed by atoms with Crippen LogP contribution in [0.2, 0.25) is 0 Å². The number of nitrogens with two attached hydrogens (primary N) is 1. The number of esters is 1. The highest BCUT2D eigenvalue weighted by atomic mass is 32.2. The van der Waals surface area contributed by atoms with E-state index < -0.39 is 0 Å². The monoisotopic (exact) mass is 279 g/mol. The molecule has 0 heterocycles. The van der Waals surface area contributed by atoms with Gasteiger partial charge in [-0.1, -0.05) is 12.8 Å². The van der Waals surface area contributed by atoms with Crippen LogP contribution in [0.15, 0.2) is 17.0 Å². The third-order valence-electron chi connectivity index (χ3n) is 3.73. The summed E-state index contributed by atoms with van der Waals surface area (Å²) >= 11 is 1.82. The van der Waals surface area contributed by atoms with Crippen LogP contribution in [0.5, 0.6) is 0 Å². The van der Waals surface area contributed by atoms with Crippen LogP contribution >= 0.6 is 11.8 Å². The van der Waals surface area contributed by atoms with Gasteiger partial charge in [0.1, 0.15) is 0 Å². The van der Waals surface area contributed by atoms with Crippen molar-refractivity contribution in [3.05, 3.63) is 23.3 Å². The average molecular weight is 279 g/mol. The largest absolute Gasteiger partial charge is 0.465 e. The molecule has 104 valence electrons. The van der Waals surface area contributed by atoms with Crippen LogP contribution in [0.3, 0.4) is 0 Å². The number of carbonyl (C=O) groups excluding carboxylic acids is 1. The maximum Gasteiger partial charge on any atom is 0.340 e. The van der Waals surface area contributed by atoms with Crippen molar-refractivity contribution in [2.75, 3.05) is 18.6 Å². The summed E-state index contributed by atoms with van der Waals surface area (Å²) in [6, 6.07) is 3.91. The predicted octanol–water partition coefficient (Wildman–Crippen LogP) is 3.65. The zero-order chi connectivity index (χ0) is 13.8. The van der Waals surface area contributed by atoms with E-state index in [-0.39, 0.29) is 5.97 Å². The van der Waals surface area contributed by atoms with Crippen molar-refractivity contribution >= 4 is 23.4 Å². The van der Waals surface area contributed by atoms with Crippen molar-refractivity contribution < 1.29 is 9.53 Å². The summed E-state index contributed by atoms with van der Waals surface area (Å²) in [7, 11) is 1.38. The fraction of sp³-hybridized carbons (Fsp3) is 0.533. The summed E-state index contributed by atoms with van der Waals surface area (Å²) in [4.78, 5) is 12.8. The number of hydrogen-bond acceptors (Lipinski definition) is 4. The predicted molar refractivity (Wildman–Crippen MR) is 79.6 cm³/mol. The van der Waals surface area contributed by atoms with Crippen LogP contribution in [0, 0.1) is 12.8 Å². The molecule has 0 aromatic heterocycles. The number of anilines is 1. The Balaban J connectivity index is 2.11. The summed E-state index contributed by atoms with van der Waals surface area (Å²) in [5, 5.41) is 0. The van der Waals surface area contributed by atoms with Crippen LogP contribution in [0.1, 0.15) is 41.6 Å². The highest BCUT2D eigenvalue weighted by molar-refractivity contribution is 7.99. The fourth-order valence-corrected chi connectivity index (χ4v) is 3.74. The van der Waals surface area contributed by atoms with Gasteiger partial charge in [-0.05, 0) is 43.4 Å². The van der Waals surface area contributed by atoms with E-state index in [9.17, 15) is 4.79 Å². The minimum absolute atomic E-state index is 0.357. The van der Waals surface area contributed by atoms with Gasteiger partial charge in [0, 0.05) is 16.3 Å². The molecule has 0 radical (unpaired) electrons. The third-order valence-corrected chi connectivity index (χ3v) is 4.93. The lowest BCUT2D eigenvalue weighted by molar-refractivity contribution is 0.0601. The van der Waals surface area contributed by atoms with E-state index in [1.165, 1.54) is 32.8 Å². The molecule has 2 N–H and O–H groups in total. The zero-order valence-corrected chi connectivity index (χ0v) is 12.4. The summed E-state index contributed by atoms with van der Waals surface area (Å²) < 4.78 is 4.78. The second-order valence-corrected chi connectivity index (χ2v) is 6.25. The molecule has 0 bridgehead atoms. The molecule has 19 heavy (non-hydrogen) atoms. The van der Waals surface area contributed by atoms with Gasteiger partial charge < -0.3 is 10.5 Å². The van der Waals surface area contributed by atoms with Gasteiger partial charge in [-0.3, -0.25) is 0 Å². The molecule has 1 aliphatic rings. The minimum Gasteiger partial charge on any atom is -0.465 e. The highest BCUT2D eigenvalue weighted by Gasteiger charge is 2.17. The zero-order valence-electron chi connectivity index (χ0n) is 11.6. The van der Waals surface area contributed by atoms with Crippen LogP contribution in [-0.2, 0) is 4.74 Å². The molecule has 0 atom stereocenters. The standard InChI is InChI=1S/C15H21NO2S/c1-10-7-12(19-9-11-5-3-4-6-11)8-13(14(10)16)15(17)18-2/h7-8,11H,3-6,9,16H2,1-2H3. The molecule has 4 heteroatoms. The van der Waals surface area contributed by atoms with Gasteiger partial charge in [0.25, 0.3) is 0 Å². The molecule has 0 amide bonds. The van der Waals surface area contributed by atoms with E-state index in [2.05, 4.69) is 6.07 Å². The van der Waals surface area contributed by atoms with Crippen molar-refractivity contribution in [1.29, 1.82) is 0 Å². The number of methoxy groups -OCH3 is 1. The molecule has 0 spiro atoms. The lowest BCUT2D eigenvalue weighted by Crippen LogP contribution is -2.07. The van der Waals surface area contributed by atoms with Crippen molar-refractivity contribution in [1.82, 2.24) is 0 Å². The first-order chi connectivity index (χ1) is 9.11. The first kappa shape index (κ1) is 14.3. The molecule has 1 aliphatic carbocycles. The van der Waals surface area contributed by atoms with Crippen molar-refractivity contribution in [3.8, 4) is 0 Å². The first-order valence-electron chi connectivity index (χ1n) is 6.73. The Kier molecular flexibility index (Phi) is 4.75. The molecule has 2 rings (SSSR count). The molecular formula is C15H21NO2S. The second-order valence-electron chi connectivity index (χ2n) is 5.15. The van der Waals surface area contributed by atoms with E-state index in [1.54, 1.807) is 0 Å². The van der Waals surface area contributed by atoms with Gasteiger partial charge in [-0.25, -0.2) is 4.79 Å². The number of benzene rings is 1. The minimum atomic E-state index is -0.357. The number of rotatable bonds is 4. The Hall–Kier alpha value is -1.16. The topological polar surface area (TPSA) is 52.3 Å². The first-order valence-corrected chi connectivity index (χ1v) is 7.71. The van der Waals surface area contributed by atoms with Crippen molar-refractivity contribution in [2.45, 2.75) is 37.5 Å². The summed E-state index contributed by atoms with van der Waals surface area (Å²) in [5.74, 6) is 1.60. The molecule has 3 nitrogen and oxygen atoms in total. The Bertz CT molecular complexity index is 467. The average Bonchev–Trinajstić information content (AvgIpc) is 2.92. The van der Waals surface area contributed by atoms with Gasteiger partial charge in [-0.2, -0.15) is 0 Å². The van der Waals surface area contributed by atoms with E-state index in [4.69, 9.17) is 10.5 Å². The number of thioether (sulfide) groups is 1. The van der Waals surface area contributed by atoms with Gasteiger partial charge in [0.2, 0.25) is 0 Å². The number of aryl methyl sites for hydroxylation is 1. The molecule has 0 aliphatic heterocycles. The fourth-order valence-electron chi connectivity index (χ4n) is 2.52. The maximum atomic E-state index is 11.7. The van der Waals surface area contributed by atoms with Gasteiger partial charge in [0.05, 0.1) is 12.7 Å². The summed E-state index contributed by atoms with van der Waals surface area (Å²) in [6.07, 6.45) is 5.40. The Morgan fingerprint density at radius 3 is 2.74 bits per heavy atom. The normalized spacial score (nSPS) is 15.7. The lowest BCUT2D eigenvalue weighted by atomic mass is 10.1. The van der Waals surface area contributed by atoms with Crippen LogP contribution in [0.4, 0.5) is 5.69 Å². The lowest BCUT2D eigenvalue weighted by Gasteiger charge is -2.12. The van der Waals surface area contributed by atoms with Crippen LogP contribution in [-0.4, -0.2) is 18.8 Å². The SMILES string of the molecule is COC(=O)c1cc(SCC2CCCC2)cc(C)c1N. The molecule has 1 saturated carbocycles. The van der Waals surface area contributed by atoms with E-state index >= 15 is 0 Å². The molecule has 0 saturated heterocycles. The molecule has 1 aromatic carbocycles. The number of carbonyl (C=O) groups is 1. The quantitative estimate of drug-likeness (QED) is 0.519. The number of hydrogen-bond donors (Lipinski definition) is 1. The van der Waals surface area contributed by atoms with E-state index in [0.29, 0.717) is 11.3 Å². The molecular weight excluding hydrogens is 258 g/mol. The van der Waals surface area contributed by atoms with E-state index in [1.807, 2.05) is 24.8 Å². The molecule has 1 fully saturated rings. The van der Waals surface area contributed by atoms with Crippen molar-refractivity contribution in [3.63, 3.8) is 0 Å². The third kappa shape index (κ3) is 3.44. The van der Waals surface area contributed by atoms with Crippen LogP contribution in [0.25, 0.3) is 0 Å². The molecule has 1 aromatic rings. The highest BCUT2D eigenvalue weighted by Crippen LogP contribution is 2.33. The summed E-state index contributed by atoms with van der Waals surface area (Å²) in [5.41, 5.74) is 7.89. The summed E-state index contributed by atoms with van der Waals surface area (Å²) in [6.45, 7) is 1.93. The Morgan fingerprint density at radius 1 is 1.42 bits per heavy atom. The van der Waals surface area contributed by atoms with Crippen LogP contribution < -0.4 is 5.73 Å². The van der Waals surface area contributed by atoms with Gasteiger partial charge in [0.15, 0.2) is 0 Å². The van der Waals surface area contributed by atoms with Gasteiger partial charge >= 0.3 is 5.97 Å². The number of nitrogen functional groups attached to an aromatic ring is 1. The second kappa shape index (κ2) is 6.33. The smallest absolute Gasteiger partial charge is 0.340 e. The Labute approximate surface area is 118 Å². The van der Waals surface area contributed by atoms with Crippen molar-refractivity contribution in [2.24, 2.45) is 5.92 Å². The Morgan fingerprint density at radius 2 is 2.11 bits per heavy atom. The maximum absolute atomic E-state index is 11.7. The van der Waals surface area contributed by atoms with Gasteiger partial charge in [-0.15, -0.1) is 11.8 Å².